The smallest absolute Gasteiger partial charge is 0.328 e. The lowest BCUT2D eigenvalue weighted by atomic mass is 10.1. The van der Waals surface area contributed by atoms with Crippen molar-refractivity contribution in [2.45, 2.75) is 30.6 Å². The Labute approximate surface area is 153 Å². The number of ketones is 1. The van der Waals surface area contributed by atoms with Gasteiger partial charge in [0.15, 0.2) is 11.9 Å². The van der Waals surface area contributed by atoms with Crippen molar-refractivity contribution in [3.63, 3.8) is 0 Å². The van der Waals surface area contributed by atoms with Crippen LogP contribution in [-0.2, 0) is 9.30 Å². The van der Waals surface area contributed by atoms with Gasteiger partial charge < -0.3 is 29.8 Å². The highest BCUT2D eigenvalue weighted by Gasteiger charge is 2.48. The van der Waals surface area contributed by atoms with Crippen LogP contribution in [0.2, 0.25) is 0 Å². The molecule has 2 heterocycles. The Balaban J connectivity index is 1.76. The SMILES string of the molecule is O=C(c1ccccc1)c1cn([C@@H]2O[C@H]([C@H](O)CP(=O)(O)O)[C@@H](O)[C@H]2O)nn1. The van der Waals surface area contributed by atoms with Crippen LogP contribution < -0.4 is 0 Å². The highest BCUT2D eigenvalue weighted by atomic mass is 31.2. The summed E-state index contributed by atoms with van der Waals surface area (Å²) in [5.74, 6) is -0.409. The van der Waals surface area contributed by atoms with E-state index >= 15 is 0 Å². The van der Waals surface area contributed by atoms with Crippen molar-refractivity contribution in [2.75, 3.05) is 6.16 Å². The topological polar surface area (TPSA) is 175 Å². The Morgan fingerprint density at radius 2 is 1.89 bits per heavy atom. The average Bonchev–Trinajstić information content (AvgIpc) is 3.20. The number of carbonyl (C=O) groups is 1. The predicted octanol–water partition coefficient (Wildman–Crippen LogP) is -1.33. The molecule has 2 aromatic rings. The molecule has 0 radical (unpaired) electrons. The number of hydrogen-bond donors (Lipinski definition) is 5. The molecule has 27 heavy (non-hydrogen) atoms. The molecule has 0 spiro atoms. The molecule has 0 bridgehead atoms. The van der Waals surface area contributed by atoms with Crippen LogP contribution in [0.5, 0.6) is 0 Å². The third kappa shape index (κ3) is 4.30. The van der Waals surface area contributed by atoms with Crippen LogP contribution >= 0.6 is 7.60 Å². The zero-order valence-corrected chi connectivity index (χ0v) is 14.7. The molecule has 5 atom stereocenters. The van der Waals surface area contributed by atoms with Gasteiger partial charge in [0.2, 0.25) is 5.78 Å². The van der Waals surface area contributed by atoms with Gasteiger partial charge in [0.1, 0.15) is 18.3 Å². The van der Waals surface area contributed by atoms with Gasteiger partial charge in [-0.3, -0.25) is 9.36 Å². The van der Waals surface area contributed by atoms with E-state index in [9.17, 15) is 24.7 Å². The van der Waals surface area contributed by atoms with E-state index in [2.05, 4.69) is 10.3 Å². The lowest BCUT2D eigenvalue weighted by Gasteiger charge is -2.21. The zero-order valence-electron chi connectivity index (χ0n) is 13.8. The summed E-state index contributed by atoms with van der Waals surface area (Å²) in [6.45, 7) is 0. The van der Waals surface area contributed by atoms with E-state index in [-0.39, 0.29) is 5.69 Å². The van der Waals surface area contributed by atoms with E-state index in [1.54, 1.807) is 30.3 Å². The molecular formula is C15H18N3O8P. The van der Waals surface area contributed by atoms with Gasteiger partial charge >= 0.3 is 7.60 Å². The minimum atomic E-state index is -4.56. The monoisotopic (exact) mass is 399 g/mol. The fraction of sp³-hybridized carbons (Fsp3) is 0.400. The third-order valence-corrected chi connectivity index (χ3v) is 4.97. The number of ether oxygens (including phenoxy) is 1. The van der Waals surface area contributed by atoms with Gasteiger partial charge in [-0.25, -0.2) is 4.68 Å². The summed E-state index contributed by atoms with van der Waals surface area (Å²) in [6.07, 6.45) is -7.35. The summed E-state index contributed by atoms with van der Waals surface area (Å²) in [5.41, 5.74) is 0.359. The number of carbonyl (C=O) groups excluding carboxylic acids is 1. The van der Waals surface area contributed by atoms with Gasteiger partial charge in [-0.05, 0) is 0 Å². The highest BCUT2D eigenvalue weighted by Crippen LogP contribution is 2.39. The summed E-state index contributed by atoms with van der Waals surface area (Å²) >= 11 is 0. The zero-order chi connectivity index (χ0) is 19.8. The van der Waals surface area contributed by atoms with E-state index in [1.807, 2.05) is 0 Å². The summed E-state index contributed by atoms with van der Waals surface area (Å²) in [7, 11) is -4.56. The van der Waals surface area contributed by atoms with Gasteiger partial charge in [0, 0.05) is 5.56 Å². The molecule has 1 aromatic heterocycles. The van der Waals surface area contributed by atoms with E-state index < -0.39 is 50.2 Å². The van der Waals surface area contributed by atoms with Gasteiger partial charge in [0.05, 0.1) is 18.5 Å². The summed E-state index contributed by atoms with van der Waals surface area (Å²) < 4.78 is 17.4. The maximum absolute atomic E-state index is 12.4. The molecule has 146 valence electrons. The Morgan fingerprint density at radius 1 is 1.22 bits per heavy atom. The van der Waals surface area contributed by atoms with Crippen LogP contribution in [0.15, 0.2) is 36.5 Å². The first-order valence-corrected chi connectivity index (χ1v) is 9.73. The lowest BCUT2D eigenvalue weighted by Crippen LogP contribution is -2.40. The fourth-order valence-electron chi connectivity index (χ4n) is 2.81. The fourth-order valence-corrected chi connectivity index (χ4v) is 3.51. The Morgan fingerprint density at radius 3 is 2.52 bits per heavy atom. The molecule has 1 aliphatic heterocycles. The summed E-state index contributed by atoms with van der Waals surface area (Å²) in [4.78, 5) is 30.2. The summed E-state index contributed by atoms with van der Waals surface area (Å²) in [6, 6.07) is 8.32. The van der Waals surface area contributed by atoms with E-state index in [0.29, 0.717) is 5.56 Å². The molecule has 0 aliphatic carbocycles. The van der Waals surface area contributed by atoms with Crippen molar-refractivity contribution >= 4 is 13.4 Å². The van der Waals surface area contributed by atoms with E-state index in [4.69, 9.17) is 14.5 Å². The number of aliphatic hydroxyl groups excluding tert-OH is 3. The number of hydrogen-bond acceptors (Lipinski definition) is 8. The molecule has 11 nitrogen and oxygen atoms in total. The molecule has 1 aliphatic rings. The Hall–Kier alpha value is -1.98. The quantitative estimate of drug-likeness (QED) is 0.289. The molecule has 0 saturated carbocycles. The summed E-state index contributed by atoms with van der Waals surface area (Å²) in [5, 5.41) is 37.5. The number of aliphatic hydroxyl groups is 3. The minimum Gasteiger partial charge on any atom is -0.390 e. The molecular weight excluding hydrogens is 381 g/mol. The van der Waals surface area contributed by atoms with Gasteiger partial charge in [-0.1, -0.05) is 35.5 Å². The van der Waals surface area contributed by atoms with Crippen molar-refractivity contribution in [1.29, 1.82) is 0 Å². The van der Waals surface area contributed by atoms with Crippen LogP contribution in [-0.4, -0.2) is 76.5 Å². The van der Waals surface area contributed by atoms with E-state index in [1.165, 1.54) is 6.20 Å². The largest absolute Gasteiger partial charge is 0.390 e. The van der Waals surface area contributed by atoms with Crippen molar-refractivity contribution in [3.8, 4) is 0 Å². The third-order valence-electron chi connectivity index (χ3n) is 4.12. The van der Waals surface area contributed by atoms with Crippen LogP contribution in [0.25, 0.3) is 0 Å². The number of rotatable bonds is 6. The molecule has 3 rings (SSSR count). The molecule has 0 amide bonds. The first kappa shape index (κ1) is 19.8. The molecule has 12 heteroatoms. The maximum Gasteiger partial charge on any atom is 0.328 e. The van der Waals surface area contributed by atoms with Crippen molar-refractivity contribution in [2.24, 2.45) is 0 Å². The number of aromatic nitrogens is 3. The average molecular weight is 399 g/mol. The first-order chi connectivity index (χ1) is 12.7. The Bertz CT molecular complexity index is 854. The number of benzene rings is 1. The van der Waals surface area contributed by atoms with Crippen molar-refractivity contribution in [1.82, 2.24) is 15.0 Å². The normalized spacial score (nSPS) is 26.9. The van der Waals surface area contributed by atoms with Crippen molar-refractivity contribution in [3.05, 3.63) is 47.8 Å². The second-order valence-electron chi connectivity index (χ2n) is 6.17. The maximum atomic E-state index is 12.4. The predicted molar refractivity (Wildman–Crippen MR) is 88.7 cm³/mol. The van der Waals surface area contributed by atoms with E-state index in [0.717, 1.165) is 4.68 Å². The molecule has 1 saturated heterocycles. The lowest BCUT2D eigenvalue weighted by molar-refractivity contribution is -0.0833. The first-order valence-electron chi connectivity index (χ1n) is 7.93. The van der Waals surface area contributed by atoms with Crippen LogP contribution in [0.1, 0.15) is 22.3 Å². The molecule has 5 N–H and O–H groups in total. The van der Waals surface area contributed by atoms with Crippen molar-refractivity contribution < 1.29 is 39.2 Å². The number of nitrogens with zero attached hydrogens (tertiary/aromatic N) is 3. The van der Waals surface area contributed by atoms with Gasteiger partial charge in [0.25, 0.3) is 0 Å². The van der Waals surface area contributed by atoms with Crippen LogP contribution in [0, 0.1) is 0 Å². The van der Waals surface area contributed by atoms with Crippen LogP contribution in [0.4, 0.5) is 0 Å². The Kier molecular flexibility index (Phi) is 5.54. The standard InChI is InChI=1S/C15H18N3O8P/c19-10(7-27(23,24)25)14-12(21)13(22)15(26-14)18-6-9(16-17-18)11(20)8-4-2-1-3-5-8/h1-6,10,12-15,19,21-22H,7H2,(H2,23,24,25)/t10-,12+,13-,14-,15-/m1/s1. The molecule has 0 unspecified atom stereocenters. The second-order valence-corrected chi connectivity index (χ2v) is 7.86. The second kappa shape index (κ2) is 7.56. The van der Waals surface area contributed by atoms with Gasteiger partial charge in [-0.2, -0.15) is 0 Å². The minimum absolute atomic E-state index is 0.0225. The molecule has 1 aromatic carbocycles. The van der Waals surface area contributed by atoms with Gasteiger partial charge in [-0.15, -0.1) is 5.10 Å². The van der Waals surface area contributed by atoms with Crippen LogP contribution in [0.3, 0.4) is 0 Å². The highest BCUT2D eigenvalue weighted by molar-refractivity contribution is 7.51. The molecule has 1 fully saturated rings.